The number of nitrogens with zero attached hydrogens (tertiary/aromatic N) is 2. The zero-order valence-electron chi connectivity index (χ0n) is 12.9. The Morgan fingerprint density at radius 2 is 2.00 bits per heavy atom. The number of aliphatic hydroxyl groups is 1. The minimum atomic E-state index is -0.378. The Balaban J connectivity index is 1.80. The Kier molecular flexibility index (Phi) is 5.43. The van der Waals surface area contributed by atoms with Crippen molar-refractivity contribution >= 4 is 35.1 Å². The van der Waals surface area contributed by atoms with Crippen molar-refractivity contribution in [2.24, 2.45) is 0 Å². The van der Waals surface area contributed by atoms with Crippen molar-refractivity contribution in [1.29, 1.82) is 0 Å². The highest BCUT2D eigenvalue weighted by atomic mass is 35.5. The Morgan fingerprint density at radius 1 is 1.25 bits per heavy atom. The zero-order valence-corrected chi connectivity index (χ0v) is 14.4. The minimum Gasteiger partial charge on any atom is -0.393 e. The van der Waals surface area contributed by atoms with Crippen molar-refractivity contribution in [3.63, 3.8) is 0 Å². The maximum absolute atomic E-state index is 13.2. The second-order valence-corrected chi connectivity index (χ2v) is 7.26. The van der Waals surface area contributed by atoms with Gasteiger partial charge in [0, 0.05) is 17.1 Å². The molecule has 1 fully saturated rings. The summed E-state index contributed by atoms with van der Waals surface area (Å²) in [7, 11) is 0. The van der Waals surface area contributed by atoms with Gasteiger partial charge in [-0.25, -0.2) is 9.37 Å². The monoisotopic (exact) mass is 368 g/mol. The van der Waals surface area contributed by atoms with E-state index in [4.69, 9.17) is 17.3 Å². The van der Waals surface area contributed by atoms with E-state index in [2.05, 4.69) is 15.3 Å². The van der Waals surface area contributed by atoms with E-state index in [1.54, 1.807) is 12.3 Å². The average molecular weight is 369 g/mol. The Bertz CT molecular complexity index is 725. The molecule has 1 aliphatic rings. The summed E-state index contributed by atoms with van der Waals surface area (Å²) in [6.45, 7) is 0. The summed E-state index contributed by atoms with van der Waals surface area (Å²) in [6, 6.07) is 4.49. The van der Waals surface area contributed by atoms with Gasteiger partial charge in [0.05, 0.1) is 16.0 Å². The number of nitrogen functional groups attached to an aromatic ring is 1. The molecule has 1 heterocycles. The predicted octanol–water partition coefficient (Wildman–Crippen LogP) is 3.72. The lowest BCUT2D eigenvalue weighted by atomic mass is 9.93. The van der Waals surface area contributed by atoms with Crippen LogP contribution in [0.5, 0.6) is 0 Å². The van der Waals surface area contributed by atoms with E-state index in [9.17, 15) is 9.50 Å². The van der Waals surface area contributed by atoms with Crippen molar-refractivity contribution in [2.75, 3.05) is 11.1 Å². The fourth-order valence-corrected chi connectivity index (χ4v) is 3.77. The molecule has 0 bridgehead atoms. The average Bonchev–Trinajstić information content (AvgIpc) is 2.54. The highest BCUT2D eigenvalue weighted by Crippen LogP contribution is 2.37. The highest BCUT2D eigenvalue weighted by Gasteiger charge is 2.21. The van der Waals surface area contributed by atoms with Crippen LogP contribution in [-0.4, -0.2) is 27.2 Å². The van der Waals surface area contributed by atoms with E-state index in [1.165, 1.54) is 23.9 Å². The van der Waals surface area contributed by atoms with Gasteiger partial charge in [0.1, 0.15) is 11.6 Å². The number of anilines is 2. The molecule has 0 spiro atoms. The standard InChI is InChI=1S/C16H18ClFN4OS/c17-12-7-9(18)1-6-13(12)24-14-8-20-16(19)22-15(14)21-10-2-4-11(23)5-3-10/h1,6-8,10-11,23H,2-5H2,(H3,19,20,21,22). The van der Waals surface area contributed by atoms with Gasteiger partial charge in [-0.3, -0.25) is 0 Å². The number of aliphatic hydroxyl groups excluding tert-OH is 1. The first-order valence-electron chi connectivity index (χ1n) is 7.71. The highest BCUT2D eigenvalue weighted by molar-refractivity contribution is 7.99. The lowest BCUT2D eigenvalue weighted by molar-refractivity contribution is 0.126. The van der Waals surface area contributed by atoms with Gasteiger partial charge >= 0.3 is 0 Å². The van der Waals surface area contributed by atoms with Crippen molar-refractivity contribution in [1.82, 2.24) is 9.97 Å². The SMILES string of the molecule is Nc1ncc(Sc2ccc(F)cc2Cl)c(NC2CCC(O)CC2)n1. The fraction of sp³-hybridized carbons (Fsp3) is 0.375. The number of halogens is 2. The number of rotatable bonds is 4. The lowest BCUT2D eigenvalue weighted by Crippen LogP contribution is -2.28. The Morgan fingerprint density at radius 3 is 2.71 bits per heavy atom. The van der Waals surface area contributed by atoms with Crippen LogP contribution in [0.4, 0.5) is 16.2 Å². The van der Waals surface area contributed by atoms with Crippen LogP contribution in [0.2, 0.25) is 5.02 Å². The molecule has 1 aliphatic carbocycles. The quantitative estimate of drug-likeness (QED) is 0.762. The van der Waals surface area contributed by atoms with Gasteiger partial charge in [0.15, 0.2) is 0 Å². The summed E-state index contributed by atoms with van der Waals surface area (Å²) in [5, 5.41) is 13.3. The summed E-state index contributed by atoms with van der Waals surface area (Å²) in [4.78, 5) is 9.81. The molecule has 0 amide bonds. The van der Waals surface area contributed by atoms with Gasteiger partial charge in [-0.1, -0.05) is 23.4 Å². The molecule has 0 atom stereocenters. The number of benzene rings is 1. The topological polar surface area (TPSA) is 84.1 Å². The van der Waals surface area contributed by atoms with Crippen LogP contribution in [0.1, 0.15) is 25.7 Å². The molecule has 2 aromatic rings. The van der Waals surface area contributed by atoms with Crippen LogP contribution in [0.15, 0.2) is 34.2 Å². The number of hydrogen-bond acceptors (Lipinski definition) is 6. The molecule has 0 aliphatic heterocycles. The van der Waals surface area contributed by atoms with Crippen molar-refractivity contribution in [3.05, 3.63) is 35.2 Å². The molecular formula is C16H18ClFN4OS. The summed E-state index contributed by atoms with van der Waals surface area (Å²) >= 11 is 7.45. The van der Waals surface area contributed by atoms with Crippen LogP contribution < -0.4 is 11.1 Å². The van der Waals surface area contributed by atoms with Crippen LogP contribution in [0.3, 0.4) is 0 Å². The Labute approximate surface area is 148 Å². The largest absolute Gasteiger partial charge is 0.393 e. The third kappa shape index (κ3) is 4.28. The van der Waals surface area contributed by atoms with Crippen LogP contribution in [0, 0.1) is 5.82 Å². The summed E-state index contributed by atoms with van der Waals surface area (Å²) < 4.78 is 13.2. The predicted molar refractivity (Wildman–Crippen MR) is 93.9 cm³/mol. The van der Waals surface area contributed by atoms with Crippen LogP contribution in [-0.2, 0) is 0 Å². The molecule has 8 heteroatoms. The van der Waals surface area contributed by atoms with E-state index < -0.39 is 0 Å². The van der Waals surface area contributed by atoms with Crippen LogP contribution >= 0.6 is 23.4 Å². The minimum absolute atomic E-state index is 0.183. The first kappa shape index (κ1) is 17.3. The first-order chi connectivity index (χ1) is 11.5. The zero-order chi connectivity index (χ0) is 17.1. The van der Waals surface area contributed by atoms with E-state index in [-0.39, 0.29) is 23.9 Å². The molecule has 1 aromatic carbocycles. The summed E-state index contributed by atoms with van der Waals surface area (Å²) in [5.41, 5.74) is 5.71. The Hall–Kier alpha value is -1.57. The number of aromatic nitrogens is 2. The lowest BCUT2D eigenvalue weighted by Gasteiger charge is -2.27. The normalized spacial score (nSPS) is 20.8. The molecule has 0 saturated heterocycles. The maximum Gasteiger partial charge on any atom is 0.221 e. The van der Waals surface area contributed by atoms with Crippen molar-refractivity contribution < 1.29 is 9.50 Å². The van der Waals surface area contributed by atoms with E-state index in [0.29, 0.717) is 15.7 Å². The third-order valence-electron chi connectivity index (χ3n) is 3.93. The molecule has 1 saturated carbocycles. The van der Waals surface area contributed by atoms with E-state index in [0.717, 1.165) is 30.6 Å². The summed E-state index contributed by atoms with van der Waals surface area (Å²) in [5.74, 6) is 0.439. The second-order valence-electron chi connectivity index (χ2n) is 5.77. The van der Waals surface area contributed by atoms with Gasteiger partial charge < -0.3 is 16.2 Å². The van der Waals surface area contributed by atoms with Gasteiger partial charge in [-0.15, -0.1) is 0 Å². The molecule has 0 radical (unpaired) electrons. The van der Waals surface area contributed by atoms with Gasteiger partial charge in [0.2, 0.25) is 5.95 Å². The maximum atomic E-state index is 13.2. The van der Waals surface area contributed by atoms with Gasteiger partial charge in [-0.05, 0) is 43.9 Å². The second kappa shape index (κ2) is 7.55. The first-order valence-corrected chi connectivity index (χ1v) is 8.90. The number of nitrogens with two attached hydrogens (primary N) is 1. The molecular weight excluding hydrogens is 351 g/mol. The van der Waals surface area contributed by atoms with E-state index >= 15 is 0 Å². The molecule has 5 nitrogen and oxygen atoms in total. The summed E-state index contributed by atoms with van der Waals surface area (Å²) in [6.07, 6.45) is 4.69. The molecule has 4 N–H and O–H groups in total. The van der Waals surface area contributed by atoms with Gasteiger partial charge in [-0.2, -0.15) is 4.98 Å². The molecule has 0 unspecified atom stereocenters. The van der Waals surface area contributed by atoms with E-state index in [1.807, 2.05) is 0 Å². The number of hydrogen-bond donors (Lipinski definition) is 3. The molecule has 1 aromatic heterocycles. The molecule has 128 valence electrons. The molecule has 3 rings (SSSR count). The third-order valence-corrected chi connectivity index (χ3v) is 5.44. The van der Waals surface area contributed by atoms with Gasteiger partial charge in [0.25, 0.3) is 0 Å². The smallest absolute Gasteiger partial charge is 0.221 e. The van der Waals surface area contributed by atoms with Crippen molar-refractivity contribution in [2.45, 2.75) is 47.6 Å². The number of nitrogens with one attached hydrogen (secondary N) is 1. The molecule has 24 heavy (non-hydrogen) atoms. The van der Waals surface area contributed by atoms with Crippen LogP contribution in [0.25, 0.3) is 0 Å². The fourth-order valence-electron chi connectivity index (χ4n) is 2.65. The van der Waals surface area contributed by atoms with Crippen molar-refractivity contribution in [3.8, 4) is 0 Å².